The number of amides is 3. The molecule has 0 bridgehead atoms. The lowest BCUT2D eigenvalue weighted by Gasteiger charge is -2.31. The number of nitrogens with one attached hydrogen (secondary N) is 1. The standard InChI is InChI=1S/C13H23N3O4/c1-13(2)11(19)16(12(20)14-13)8-10(18)7-15-5-3-9(17)4-6-15/h9-10,17-18H,3-8H2,1-2H3,(H,14,20)/t10-/m1/s1. The number of hydrogen-bond acceptors (Lipinski definition) is 5. The molecular weight excluding hydrogens is 262 g/mol. The number of hydrogen-bond donors (Lipinski definition) is 3. The molecule has 3 amide bonds. The van der Waals surface area contributed by atoms with Crippen molar-refractivity contribution in [3.63, 3.8) is 0 Å². The third kappa shape index (κ3) is 3.28. The first kappa shape index (κ1) is 15.2. The average molecular weight is 285 g/mol. The summed E-state index contributed by atoms with van der Waals surface area (Å²) in [7, 11) is 0. The Labute approximate surface area is 118 Å². The van der Waals surface area contributed by atoms with Gasteiger partial charge in [-0.25, -0.2) is 4.79 Å². The maximum absolute atomic E-state index is 12.0. The van der Waals surface area contributed by atoms with Gasteiger partial charge in [0, 0.05) is 19.6 Å². The van der Waals surface area contributed by atoms with Gasteiger partial charge in [0.25, 0.3) is 5.91 Å². The molecule has 20 heavy (non-hydrogen) atoms. The Bertz CT molecular complexity index is 391. The van der Waals surface area contributed by atoms with Gasteiger partial charge in [0.2, 0.25) is 0 Å². The smallest absolute Gasteiger partial charge is 0.325 e. The fourth-order valence-electron chi connectivity index (χ4n) is 2.65. The molecule has 2 aliphatic rings. The van der Waals surface area contributed by atoms with Gasteiger partial charge in [0.05, 0.1) is 18.8 Å². The Kier molecular flexibility index (Phi) is 4.31. The van der Waals surface area contributed by atoms with Crippen LogP contribution in [0.15, 0.2) is 0 Å². The van der Waals surface area contributed by atoms with Crippen LogP contribution in [0, 0.1) is 0 Å². The van der Waals surface area contributed by atoms with Crippen LogP contribution in [0.1, 0.15) is 26.7 Å². The number of aliphatic hydroxyl groups excluding tert-OH is 2. The highest BCUT2D eigenvalue weighted by molar-refractivity contribution is 6.06. The van der Waals surface area contributed by atoms with Crippen molar-refractivity contribution >= 4 is 11.9 Å². The van der Waals surface area contributed by atoms with Gasteiger partial charge in [-0.3, -0.25) is 9.69 Å². The van der Waals surface area contributed by atoms with Gasteiger partial charge in [-0.05, 0) is 26.7 Å². The van der Waals surface area contributed by atoms with Crippen molar-refractivity contribution in [1.82, 2.24) is 15.1 Å². The minimum atomic E-state index is -0.897. The highest BCUT2D eigenvalue weighted by Crippen LogP contribution is 2.17. The average Bonchev–Trinajstić information content (AvgIpc) is 2.55. The minimum Gasteiger partial charge on any atom is -0.393 e. The van der Waals surface area contributed by atoms with Crippen molar-refractivity contribution < 1.29 is 19.8 Å². The van der Waals surface area contributed by atoms with Gasteiger partial charge in [-0.2, -0.15) is 0 Å². The highest BCUT2D eigenvalue weighted by atomic mass is 16.3. The van der Waals surface area contributed by atoms with Gasteiger partial charge in [-0.15, -0.1) is 0 Å². The minimum absolute atomic E-state index is 0.00709. The molecule has 3 N–H and O–H groups in total. The maximum Gasteiger partial charge on any atom is 0.325 e. The number of piperidine rings is 1. The topological polar surface area (TPSA) is 93.1 Å². The fourth-order valence-corrected chi connectivity index (χ4v) is 2.65. The van der Waals surface area contributed by atoms with Crippen LogP contribution in [-0.2, 0) is 4.79 Å². The van der Waals surface area contributed by atoms with Gasteiger partial charge in [0.1, 0.15) is 5.54 Å². The van der Waals surface area contributed by atoms with E-state index in [4.69, 9.17) is 0 Å². The van der Waals surface area contributed by atoms with Crippen molar-refractivity contribution in [2.45, 2.75) is 44.4 Å². The highest BCUT2D eigenvalue weighted by Gasteiger charge is 2.44. The number of imide groups is 1. The molecule has 2 aliphatic heterocycles. The molecule has 2 heterocycles. The number of urea groups is 1. The fraction of sp³-hybridized carbons (Fsp3) is 0.846. The third-order valence-electron chi connectivity index (χ3n) is 3.86. The lowest BCUT2D eigenvalue weighted by Crippen LogP contribution is -2.46. The predicted molar refractivity (Wildman–Crippen MR) is 72.0 cm³/mol. The first-order chi connectivity index (χ1) is 9.29. The van der Waals surface area contributed by atoms with E-state index >= 15 is 0 Å². The Morgan fingerprint density at radius 1 is 1.30 bits per heavy atom. The molecule has 0 aromatic heterocycles. The van der Waals surface area contributed by atoms with E-state index in [0.717, 1.165) is 18.0 Å². The Morgan fingerprint density at radius 3 is 2.40 bits per heavy atom. The second kappa shape index (κ2) is 5.67. The molecule has 0 saturated carbocycles. The SMILES string of the molecule is CC1(C)NC(=O)N(C[C@H](O)CN2CCC(O)CC2)C1=O. The van der Waals surface area contributed by atoms with Crippen LogP contribution in [0.25, 0.3) is 0 Å². The quantitative estimate of drug-likeness (QED) is 0.584. The van der Waals surface area contributed by atoms with Crippen molar-refractivity contribution in [2.75, 3.05) is 26.2 Å². The summed E-state index contributed by atoms with van der Waals surface area (Å²) in [5, 5.41) is 22.1. The molecule has 0 aliphatic carbocycles. The molecule has 2 saturated heterocycles. The molecule has 7 nitrogen and oxygen atoms in total. The van der Waals surface area contributed by atoms with E-state index in [1.54, 1.807) is 13.8 Å². The van der Waals surface area contributed by atoms with Crippen molar-refractivity contribution in [3.8, 4) is 0 Å². The molecular formula is C13H23N3O4. The molecule has 2 fully saturated rings. The zero-order valence-corrected chi connectivity index (χ0v) is 12.0. The van der Waals surface area contributed by atoms with Crippen LogP contribution in [0.5, 0.6) is 0 Å². The Balaban J connectivity index is 1.84. The third-order valence-corrected chi connectivity index (χ3v) is 3.86. The molecule has 0 aromatic rings. The molecule has 0 spiro atoms. The number of likely N-dealkylation sites (tertiary alicyclic amines) is 1. The van der Waals surface area contributed by atoms with E-state index in [9.17, 15) is 19.8 Å². The van der Waals surface area contributed by atoms with E-state index < -0.39 is 17.7 Å². The van der Waals surface area contributed by atoms with Crippen molar-refractivity contribution in [2.24, 2.45) is 0 Å². The zero-order chi connectivity index (χ0) is 14.9. The summed E-state index contributed by atoms with van der Waals surface area (Å²) in [6, 6.07) is -0.451. The summed E-state index contributed by atoms with van der Waals surface area (Å²) in [5.41, 5.74) is -0.897. The van der Waals surface area contributed by atoms with E-state index in [2.05, 4.69) is 5.32 Å². The van der Waals surface area contributed by atoms with E-state index in [-0.39, 0.29) is 18.6 Å². The number of nitrogens with zero attached hydrogens (tertiary/aromatic N) is 2. The summed E-state index contributed by atoms with van der Waals surface area (Å²) in [6.07, 6.45) is 0.371. The second-order valence-corrected chi connectivity index (χ2v) is 6.16. The van der Waals surface area contributed by atoms with E-state index in [1.165, 1.54) is 0 Å². The van der Waals surface area contributed by atoms with E-state index in [0.29, 0.717) is 19.4 Å². The molecule has 0 aromatic carbocycles. The number of aliphatic hydroxyl groups is 2. The lowest BCUT2D eigenvalue weighted by molar-refractivity contribution is -0.131. The second-order valence-electron chi connectivity index (χ2n) is 6.16. The maximum atomic E-state index is 12.0. The van der Waals surface area contributed by atoms with Crippen LogP contribution in [0.3, 0.4) is 0 Å². The van der Waals surface area contributed by atoms with Crippen LogP contribution in [0.2, 0.25) is 0 Å². The normalized spacial score (nSPS) is 25.9. The van der Waals surface area contributed by atoms with Gasteiger partial charge >= 0.3 is 6.03 Å². The van der Waals surface area contributed by atoms with Crippen LogP contribution >= 0.6 is 0 Å². The van der Waals surface area contributed by atoms with E-state index in [1.807, 2.05) is 4.90 Å². The molecule has 114 valence electrons. The largest absolute Gasteiger partial charge is 0.393 e. The predicted octanol–water partition coefficient (Wildman–Crippen LogP) is -0.866. The molecule has 7 heteroatoms. The lowest BCUT2D eigenvalue weighted by atomic mass is 10.1. The molecule has 0 radical (unpaired) electrons. The summed E-state index contributed by atoms with van der Waals surface area (Å²) in [5.74, 6) is -0.310. The van der Waals surface area contributed by atoms with Gasteiger partial charge < -0.3 is 20.4 Å². The molecule has 0 unspecified atom stereocenters. The summed E-state index contributed by atoms with van der Waals surface area (Å²) in [6.45, 7) is 5.16. The number of rotatable bonds is 4. The van der Waals surface area contributed by atoms with Gasteiger partial charge in [-0.1, -0.05) is 0 Å². The first-order valence-corrected chi connectivity index (χ1v) is 7.02. The van der Waals surface area contributed by atoms with Crippen molar-refractivity contribution in [3.05, 3.63) is 0 Å². The monoisotopic (exact) mass is 285 g/mol. The van der Waals surface area contributed by atoms with Gasteiger partial charge in [0.15, 0.2) is 0 Å². The summed E-state index contributed by atoms with van der Waals surface area (Å²) < 4.78 is 0. The Morgan fingerprint density at radius 2 is 1.90 bits per heavy atom. The number of carbonyl (C=O) groups excluding carboxylic acids is 2. The Hall–Kier alpha value is -1.18. The number of carbonyl (C=O) groups is 2. The van der Waals surface area contributed by atoms with Crippen LogP contribution in [-0.4, -0.2) is 75.9 Å². The first-order valence-electron chi connectivity index (χ1n) is 7.02. The molecule has 1 atom stereocenters. The summed E-state index contributed by atoms with van der Waals surface area (Å²) in [4.78, 5) is 26.8. The molecule has 2 rings (SSSR count). The summed E-state index contributed by atoms with van der Waals surface area (Å²) >= 11 is 0. The zero-order valence-electron chi connectivity index (χ0n) is 12.0. The van der Waals surface area contributed by atoms with Crippen LogP contribution in [0.4, 0.5) is 4.79 Å². The van der Waals surface area contributed by atoms with Crippen LogP contribution < -0.4 is 5.32 Å². The number of β-amino-alcohol motifs (C(OH)–C–C–N with tert-alkyl or cyclic N) is 1. The van der Waals surface area contributed by atoms with Crippen molar-refractivity contribution in [1.29, 1.82) is 0 Å².